The first kappa shape index (κ1) is 32.6. The second-order valence-corrected chi connectivity index (χ2v) is 10.5. The molecule has 1 unspecified atom stereocenters. The number of aliphatic hydroxyl groups is 1. The van der Waals surface area contributed by atoms with Crippen LogP contribution in [0.2, 0.25) is 0 Å². The lowest BCUT2D eigenvalue weighted by Crippen LogP contribution is -2.44. The number of nitrogens with zero attached hydrogens (tertiary/aromatic N) is 1. The Balaban J connectivity index is 1.28. The van der Waals surface area contributed by atoms with E-state index in [4.69, 9.17) is 9.47 Å². The van der Waals surface area contributed by atoms with E-state index in [1.165, 1.54) is 43.3 Å². The van der Waals surface area contributed by atoms with Crippen molar-refractivity contribution in [1.82, 2.24) is 4.90 Å². The molecule has 0 aromatic heterocycles. The number of aliphatic carboxylic acids is 1. The summed E-state index contributed by atoms with van der Waals surface area (Å²) in [5.41, 5.74) is -0.100. The molecule has 0 amide bonds. The minimum absolute atomic E-state index is 0.0472. The third kappa shape index (κ3) is 7.97. The predicted octanol–water partition coefficient (Wildman–Crippen LogP) is 4.61. The zero-order valence-electron chi connectivity index (χ0n) is 24.3. The highest BCUT2D eigenvalue weighted by Crippen LogP contribution is 2.42. The van der Waals surface area contributed by atoms with E-state index in [1.807, 2.05) is 0 Å². The lowest BCUT2D eigenvalue weighted by Gasteiger charge is -2.42. The highest BCUT2D eigenvalue weighted by molar-refractivity contribution is 6.29. The molecule has 1 aliphatic rings. The van der Waals surface area contributed by atoms with Crippen LogP contribution in [0, 0.1) is 17.6 Å². The maximum absolute atomic E-state index is 13.6. The van der Waals surface area contributed by atoms with Crippen molar-refractivity contribution < 1.29 is 47.6 Å². The normalized spacial score (nSPS) is 14.9. The number of carbonyl (C=O) groups is 3. The molecule has 1 aliphatic heterocycles. The van der Waals surface area contributed by atoms with E-state index in [0.717, 1.165) is 19.6 Å². The first-order valence-electron chi connectivity index (χ1n) is 14.4. The largest absolute Gasteiger partial charge is 0.494 e. The molecule has 1 atom stereocenters. The van der Waals surface area contributed by atoms with Crippen LogP contribution in [0.15, 0.2) is 72.8 Å². The number of benzene rings is 3. The standard InChI is InChI=1S/C33H35F2NO8/c1-2-42-31(39)32(40)44-29(30(37)38)22-4-14-28(15-5-22)43-21-3-18-36-19-16-25(17-20-36)33(41,23-6-10-26(34)11-7-23)24-8-12-27(35)13-9-24/h4-15,25,29,41H,2-3,16-21H2,1H3,(H,37,38). The van der Waals surface area contributed by atoms with Crippen molar-refractivity contribution in [2.75, 3.05) is 32.8 Å². The van der Waals surface area contributed by atoms with Gasteiger partial charge in [0, 0.05) is 12.1 Å². The molecule has 3 aromatic carbocycles. The van der Waals surface area contributed by atoms with Crippen molar-refractivity contribution in [2.45, 2.75) is 37.9 Å². The molecule has 4 rings (SSSR count). The molecule has 44 heavy (non-hydrogen) atoms. The first-order valence-corrected chi connectivity index (χ1v) is 14.4. The van der Waals surface area contributed by atoms with Gasteiger partial charge >= 0.3 is 17.9 Å². The fourth-order valence-electron chi connectivity index (χ4n) is 5.44. The summed E-state index contributed by atoms with van der Waals surface area (Å²) in [6, 6.07) is 17.6. The Kier molecular flexibility index (Phi) is 11.0. The van der Waals surface area contributed by atoms with Gasteiger partial charge < -0.3 is 29.3 Å². The van der Waals surface area contributed by atoms with Crippen LogP contribution in [0.3, 0.4) is 0 Å². The number of carboxylic acid groups (broad SMARTS) is 1. The predicted molar refractivity (Wildman–Crippen MR) is 155 cm³/mol. The van der Waals surface area contributed by atoms with Gasteiger partial charge in [-0.2, -0.15) is 0 Å². The SMILES string of the molecule is CCOC(=O)C(=O)OC(C(=O)O)c1ccc(OCCCN2CCC(C(O)(c3ccc(F)cc3)c3ccc(F)cc3)CC2)cc1. The zero-order valence-corrected chi connectivity index (χ0v) is 24.3. The summed E-state index contributed by atoms with van der Waals surface area (Å²) in [6.07, 6.45) is 0.396. The highest BCUT2D eigenvalue weighted by Gasteiger charge is 2.41. The fourth-order valence-corrected chi connectivity index (χ4v) is 5.44. The number of piperidine rings is 1. The smallest absolute Gasteiger partial charge is 0.418 e. The third-order valence-corrected chi connectivity index (χ3v) is 7.71. The molecule has 0 saturated carbocycles. The van der Waals surface area contributed by atoms with E-state index in [2.05, 4.69) is 9.64 Å². The summed E-state index contributed by atoms with van der Waals surface area (Å²) in [7, 11) is 0. The molecule has 0 spiro atoms. The second-order valence-electron chi connectivity index (χ2n) is 10.5. The van der Waals surface area contributed by atoms with Crippen molar-refractivity contribution in [3.05, 3.63) is 101 Å². The Morgan fingerprint density at radius 3 is 1.93 bits per heavy atom. The van der Waals surface area contributed by atoms with Gasteiger partial charge in [0.05, 0.1) is 13.2 Å². The number of carboxylic acids is 1. The van der Waals surface area contributed by atoms with E-state index in [9.17, 15) is 33.4 Å². The summed E-state index contributed by atoms with van der Waals surface area (Å²) >= 11 is 0. The van der Waals surface area contributed by atoms with Gasteiger partial charge in [0.25, 0.3) is 0 Å². The molecule has 0 aliphatic carbocycles. The van der Waals surface area contributed by atoms with Crippen LogP contribution in [0.25, 0.3) is 0 Å². The number of hydrogen-bond donors (Lipinski definition) is 2. The molecular formula is C33H35F2NO8. The van der Waals surface area contributed by atoms with E-state index in [-0.39, 0.29) is 18.1 Å². The Labute approximate surface area is 254 Å². The summed E-state index contributed by atoms with van der Waals surface area (Å²) in [5.74, 6) is -4.55. The molecule has 3 aromatic rings. The average Bonchev–Trinajstić information content (AvgIpc) is 3.03. The number of hydrogen-bond acceptors (Lipinski definition) is 8. The van der Waals surface area contributed by atoms with Crippen molar-refractivity contribution in [2.24, 2.45) is 5.92 Å². The van der Waals surface area contributed by atoms with Gasteiger partial charge in [-0.1, -0.05) is 36.4 Å². The lowest BCUT2D eigenvalue weighted by atomic mass is 9.72. The molecule has 234 valence electrons. The summed E-state index contributed by atoms with van der Waals surface area (Å²) in [4.78, 5) is 37.2. The fraction of sp³-hybridized carbons (Fsp3) is 0.364. The van der Waals surface area contributed by atoms with Crippen LogP contribution in [-0.4, -0.2) is 65.9 Å². The summed E-state index contributed by atoms with van der Waals surface area (Å²) in [5, 5.41) is 21.4. The highest BCUT2D eigenvalue weighted by atomic mass is 19.1. The second kappa shape index (κ2) is 14.9. The molecule has 1 fully saturated rings. The van der Waals surface area contributed by atoms with Crippen LogP contribution >= 0.6 is 0 Å². The number of likely N-dealkylation sites (tertiary alicyclic amines) is 1. The van der Waals surface area contributed by atoms with E-state index in [0.29, 0.717) is 42.7 Å². The average molecular weight is 612 g/mol. The van der Waals surface area contributed by atoms with Gasteiger partial charge in [-0.15, -0.1) is 0 Å². The number of esters is 2. The minimum Gasteiger partial charge on any atom is -0.494 e. The van der Waals surface area contributed by atoms with Crippen molar-refractivity contribution in [3.63, 3.8) is 0 Å². The van der Waals surface area contributed by atoms with Crippen molar-refractivity contribution in [1.29, 1.82) is 0 Å². The number of ether oxygens (including phenoxy) is 3. The van der Waals surface area contributed by atoms with Crippen LogP contribution in [0.5, 0.6) is 5.75 Å². The van der Waals surface area contributed by atoms with Crippen LogP contribution in [0.4, 0.5) is 8.78 Å². The topological polar surface area (TPSA) is 123 Å². The van der Waals surface area contributed by atoms with Gasteiger partial charge in [-0.05, 0) is 92.7 Å². The molecule has 2 N–H and O–H groups in total. The first-order chi connectivity index (χ1) is 21.1. The van der Waals surface area contributed by atoms with Gasteiger partial charge in [-0.3, -0.25) is 0 Å². The van der Waals surface area contributed by atoms with E-state index < -0.39 is 41.2 Å². The van der Waals surface area contributed by atoms with E-state index >= 15 is 0 Å². The van der Waals surface area contributed by atoms with Crippen molar-refractivity contribution >= 4 is 17.9 Å². The van der Waals surface area contributed by atoms with Crippen molar-refractivity contribution in [3.8, 4) is 5.75 Å². The molecule has 0 bridgehead atoms. The molecule has 0 radical (unpaired) electrons. The van der Waals surface area contributed by atoms with Gasteiger partial charge in [-0.25, -0.2) is 23.2 Å². The quantitative estimate of drug-likeness (QED) is 0.172. The van der Waals surface area contributed by atoms with Crippen LogP contribution < -0.4 is 4.74 Å². The maximum Gasteiger partial charge on any atom is 0.418 e. The molecule has 11 heteroatoms. The minimum atomic E-state index is -1.67. The number of rotatable bonds is 12. The maximum atomic E-state index is 13.6. The van der Waals surface area contributed by atoms with Crippen LogP contribution in [-0.2, 0) is 29.5 Å². The van der Waals surface area contributed by atoms with Gasteiger partial charge in [0.2, 0.25) is 6.10 Å². The molecule has 1 heterocycles. The number of halogens is 2. The summed E-state index contributed by atoms with van der Waals surface area (Å²) in [6.45, 7) is 4.07. The Hall–Kier alpha value is -4.35. The monoisotopic (exact) mass is 611 g/mol. The summed E-state index contributed by atoms with van der Waals surface area (Å²) < 4.78 is 42.4. The van der Waals surface area contributed by atoms with E-state index in [1.54, 1.807) is 36.4 Å². The van der Waals surface area contributed by atoms with Gasteiger partial charge in [0.15, 0.2) is 0 Å². The third-order valence-electron chi connectivity index (χ3n) is 7.71. The zero-order chi connectivity index (χ0) is 31.7. The van der Waals surface area contributed by atoms with Crippen LogP contribution in [0.1, 0.15) is 49.0 Å². The Morgan fingerprint density at radius 2 is 1.43 bits per heavy atom. The molecule has 1 saturated heterocycles. The van der Waals surface area contributed by atoms with Gasteiger partial charge in [0.1, 0.15) is 23.0 Å². The lowest BCUT2D eigenvalue weighted by molar-refractivity contribution is -0.176. The molecular weight excluding hydrogens is 576 g/mol. The molecule has 9 nitrogen and oxygen atoms in total. The number of carbonyl (C=O) groups excluding carboxylic acids is 2. The Morgan fingerprint density at radius 1 is 0.886 bits per heavy atom. The Bertz CT molecular complexity index is 1360.